The van der Waals surface area contributed by atoms with Gasteiger partial charge in [-0.25, -0.2) is 0 Å². The SMILES string of the molecule is CC1C(OCC(F)(F)F)=CC=C(CN)C1N. The zero-order valence-corrected chi connectivity index (χ0v) is 8.92. The normalized spacial score (nSPS) is 26.1. The van der Waals surface area contributed by atoms with Gasteiger partial charge in [0.05, 0.1) is 0 Å². The largest absolute Gasteiger partial charge is 0.488 e. The van der Waals surface area contributed by atoms with Gasteiger partial charge in [0, 0.05) is 18.5 Å². The molecule has 0 amide bonds. The molecule has 0 spiro atoms. The molecule has 0 aromatic rings. The summed E-state index contributed by atoms with van der Waals surface area (Å²) in [6.07, 6.45) is -1.21. The quantitative estimate of drug-likeness (QED) is 0.776. The second-order valence-corrected chi connectivity index (χ2v) is 3.73. The van der Waals surface area contributed by atoms with Crippen molar-refractivity contribution in [3.05, 3.63) is 23.5 Å². The summed E-state index contributed by atoms with van der Waals surface area (Å²) in [4.78, 5) is 0. The molecule has 2 atom stereocenters. The Balaban J connectivity index is 2.67. The van der Waals surface area contributed by atoms with E-state index in [9.17, 15) is 13.2 Å². The minimum atomic E-state index is -4.33. The highest BCUT2D eigenvalue weighted by Gasteiger charge is 2.31. The van der Waals surface area contributed by atoms with Gasteiger partial charge in [-0.2, -0.15) is 13.2 Å². The molecule has 4 N–H and O–H groups in total. The Hall–Kier alpha value is -1.01. The average Bonchev–Trinajstić information content (AvgIpc) is 2.19. The molecule has 6 heteroatoms. The van der Waals surface area contributed by atoms with E-state index in [-0.39, 0.29) is 17.7 Å². The van der Waals surface area contributed by atoms with Crippen LogP contribution in [0.5, 0.6) is 0 Å². The van der Waals surface area contributed by atoms with E-state index in [1.54, 1.807) is 13.0 Å². The highest BCUT2D eigenvalue weighted by molar-refractivity contribution is 5.29. The van der Waals surface area contributed by atoms with E-state index in [0.29, 0.717) is 6.54 Å². The predicted molar refractivity (Wildman–Crippen MR) is 54.4 cm³/mol. The van der Waals surface area contributed by atoms with Crippen molar-refractivity contribution in [2.24, 2.45) is 17.4 Å². The monoisotopic (exact) mass is 236 g/mol. The smallest absolute Gasteiger partial charge is 0.422 e. The molecule has 0 radical (unpaired) electrons. The first kappa shape index (κ1) is 13.1. The molecule has 0 fully saturated rings. The first-order chi connectivity index (χ1) is 7.35. The van der Waals surface area contributed by atoms with Gasteiger partial charge < -0.3 is 16.2 Å². The number of allylic oxidation sites excluding steroid dienone is 2. The summed E-state index contributed by atoms with van der Waals surface area (Å²) in [5.74, 6) is -0.0343. The van der Waals surface area contributed by atoms with Crippen molar-refractivity contribution < 1.29 is 17.9 Å². The molecule has 0 bridgehead atoms. The summed E-state index contributed by atoms with van der Waals surface area (Å²) in [5.41, 5.74) is 12.1. The van der Waals surface area contributed by atoms with E-state index < -0.39 is 12.8 Å². The van der Waals surface area contributed by atoms with E-state index in [1.807, 2.05) is 0 Å². The first-order valence-electron chi connectivity index (χ1n) is 4.91. The highest BCUT2D eigenvalue weighted by atomic mass is 19.4. The van der Waals surface area contributed by atoms with Crippen LogP contribution in [0.1, 0.15) is 6.92 Å². The van der Waals surface area contributed by atoms with Gasteiger partial charge in [-0.05, 0) is 11.6 Å². The van der Waals surface area contributed by atoms with Crippen LogP contribution < -0.4 is 11.5 Å². The third-order valence-corrected chi connectivity index (χ3v) is 2.52. The molecule has 1 rings (SSSR count). The second kappa shape index (κ2) is 4.88. The van der Waals surface area contributed by atoms with Crippen molar-refractivity contribution in [3.8, 4) is 0 Å². The molecule has 92 valence electrons. The minimum Gasteiger partial charge on any atom is -0.488 e. The zero-order chi connectivity index (χ0) is 12.3. The summed E-state index contributed by atoms with van der Waals surface area (Å²) in [5, 5.41) is 0. The first-order valence-corrected chi connectivity index (χ1v) is 4.91. The lowest BCUT2D eigenvalue weighted by atomic mass is 9.89. The van der Waals surface area contributed by atoms with Crippen molar-refractivity contribution in [1.29, 1.82) is 0 Å². The van der Waals surface area contributed by atoms with Gasteiger partial charge in [-0.3, -0.25) is 0 Å². The van der Waals surface area contributed by atoms with Gasteiger partial charge in [0.15, 0.2) is 6.61 Å². The van der Waals surface area contributed by atoms with Crippen LogP contribution in [-0.4, -0.2) is 25.4 Å². The Bertz CT molecular complexity index is 310. The fraction of sp³-hybridized carbons (Fsp3) is 0.600. The maximum Gasteiger partial charge on any atom is 0.422 e. The highest BCUT2D eigenvalue weighted by Crippen LogP contribution is 2.26. The van der Waals surface area contributed by atoms with Gasteiger partial charge in [0.2, 0.25) is 0 Å². The summed E-state index contributed by atoms with van der Waals surface area (Å²) in [6.45, 7) is 0.728. The van der Waals surface area contributed by atoms with Gasteiger partial charge >= 0.3 is 6.18 Å². The topological polar surface area (TPSA) is 61.3 Å². The molecule has 2 unspecified atom stereocenters. The van der Waals surface area contributed by atoms with Gasteiger partial charge in [-0.1, -0.05) is 13.0 Å². The molecule has 16 heavy (non-hydrogen) atoms. The predicted octanol–water partition coefficient (Wildman–Crippen LogP) is 1.31. The zero-order valence-electron chi connectivity index (χ0n) is 8.92. The number of halogens is 3. The molecule has 1 aliphatic rings. The van der Waals surface area contributed by atoms with Gasteiger partial charge in [-0.15, -0.1) is 0 Å². The second-order valence-electron chi connectivity index (χ2n) is 3.73. The summed E-state index contributed by atoms with van der Waals surface area (Å²) in [7, 11) is 0. The molecular weight excluding hydrogens is 221 g/mol. The fourth-order valence-electron chi connectivity index (χ4n) is 1.50. The lowest BCUT2D eigenvalue weighted by molar-refractivity contribution is -0.166. The van der Waals surface area contributed by atoms with E-state index in [0.717, 1.165) is 5.57 Å². The Morgan fingerprint density at radius 1 is 1.38 bits per heavy atom. The van der Waals surface area contributed by atoms with Gasteiger partial charge in [0.25, 0.3) is 0 Å². The van der Waals surface area contributed by atoms with Crippen molar-refractivity contribution in [2.45, 2.75) is 19.1 Å². The lowest BCUT2D eigenvalue weighted by Gasteiger charge is -2.28. The molecule has 0 saturated heterocycles. The van der Waals surface area contributed by atoms with E-state index >= 15 is 0 Å². The van der Waals surface area contributed by atoms with Crippen LogP contribution in [0.3, 0.4) is 0 Å². The van der Waals surface area contributed by atoms with E-state index in [4.69, 9.17) is 16.2 Å². The third-order valence-electron chi connectivity index (χ3n) is 2.52. The standard InChI is InChI=1S/C10H15F3N2O/c1-6-8(16-5-10(11,12)13)3-2-7(4-14)9(6)15/h2-3,6,9H,4-5,14-15H2,1H3. The van der Waals surface area contributed by atoms with Crippen LogP contribution in [0, 0.1) is 5.92 Å². The fourth-order valence-corrected chi connectivity index (χ4v) is 1.50. The number of alkyl halides is 3. The number of hydrogen-bond acceptors (Lipinski definition) is 3. The van der Waals surface area contributed by atoms with Crippen molar-refractivity contribution in [1.82, 2.24) is 0 Å². The Kier molecular flexibility index (Phi) is 3.98. The van der Waals surface area contributed by atoms with Crippen LogP contribution in [0.4, 0.5) is 13.2 Å². The van der Waals surface area contributed by atoms with E-state index in [2.05, 4.69) is 0 Å². The summed E-state index contributed by atoms with van der Waals surface area (Å²) >= 11 is 0. The summed E-state index contributed by atoms with van der Waals surface area (Å²) < 4.78 is 40.6. The number of ether oxygens (including phenoxy) is 1. The van der Waals surface area contributed by atoms with Crippen LogP contribution in [0.2, 0.25) is 0 Å². The average molecular weight is 236 g/mol. The third kappa shape index (κ3) is 3.24. The molecule has 3 nitrogen and oxygen atoms in total. The molecule has 0 aliphatic heterocycles. The summed E-state index contributed by atoms with van der Waals surface area (Å²) in [6, 6.07) is -0.377. The molecule has 1 aliphatic carbocycles. The molecule has 0 heterocycles. The van der Waals surface area contributed by atoms with Crippen molar-refractivity contribution in [3.63, 3.8) is 0 Å². The van der Waals surface area contributed by atoms with Crippen molar-refractivity contribution >= 4 is 0 Å². The molecule has 0 aromatic heterocycles. The van der Waals surface area contributed by atoms with Crippen LogP contribution in [-0.2, 0) is 4.74 Å². The maximum atomic E-state index is 12.0. The number of nitrogens with two attached hydrogens (primary N) is 2. The Morgan fingerprint density at radius 2 is 2.00 bits per heavy atom. The molecular formula is C10H15F3N2O. The minimum absolute atomic E-state index is 0.252. The van der Waals surface area contributed by atoms with Gasteiger partial charge in [0.1, 0.15) is 5.76 Å². The lowest BCUT2D eigenvalue weighted by Crippen LogP contribution is -2.37. The number of hydrogen-bond donors (Lipinski definition) is 2. The number of rotatable bonds is 3. The molecule has 0 saturated carbocycles. The molecule has 0 aromatic carbocycles. The Morgan fingerprint density at radius 3 is 2.50 bits per heavy atom. The van der Waals surface area contributed by atoms with Crippen LogP contribution in [0.25, 0.3) is 0 Å². The Labute approximate surface area is 91.9 Å². The van der Waals surface area contributed by atoms with Crippen LogP contribution in [0.15, 0.2) is 23.5 Å². The van der Waals surface area contributed by atoms with Crippen LogP contribution >= 0.6 is 0 Å². The van der Waals surface area contributed by atoms with Crippen molar-refractivity contribution in [2.75, 3.05) is 13.2 Å². The maximum absolute atomic E-state index is 12.0. The van der Waals surface area contributed by atoms with E-state index in [1.165, 1.54) is 6.08 Å².